The van der Waals surface area contributed by atoms with Crippen LogP contribution in [0.25, 0.3) is 0 Å². The fourth-order valence-electron chi connectivity index (χ4n) is 2.96. The minimum Gasteiger partial charge on any atom is -0.370 e. The van der Waals surface area contributed by atoms with Gasteiger partial charge in [-0.05, 0) is 25.2 Å². The summed E-state index contributed by atoms with van der Waals surface area (Å²) >= 11 is 1.68. The van der Waals surface area contributed by atoms with Crippen LogP contribution in [0.2, 0.25) is 0 Å². The monoisotopic (exact) mass is 358 g/mol. The zero-order valence-corrected chi connectivity index (χ0v) is 15.7. The summed E-state index contributed by atoms with van der Waals surface area (Å²) in [5.74, 6) is 0.636. The lowest BCUT2D eigenvalue weighted by Gasteiger charge is -2.35. The number of hydrogen-bond donors (Lipinski definition) is 1. The Morgan fingerprint density at radius 2 is 2.00 bits per heavy atom. The molecule has 3 rings (SSSR count). The highest BCUT2D eigenvalue weighted by Gasteiger charge is 2.19. The summed E-state index contributed by atoms with van der Waals surface area (Å²) in [4.78, 5) is 15.6. The molecule has 0 spiro atoms. The number of nitrogens with two attached hydrogens (primary N) is 1. The van der Waals surface area contributed by atoms with Crippen LogP contribution in [0.3, 0.4) is 0 Å². The molecule has 2 heterocycles. The van der Waals surface area contributed by atoms with Gasteiger partial charge in [0.15, 0.2) is 11.1 Å². The summed E-state index contributed by atoms with van der Waals surface area (Å²) in [7, 11) is 4.16. The van der Waals surface area contributed by atoms with Gasteiger partial charge in [-0.15, -0.1) is 11.3 Å². The fraction of sp³-hybridized carbons (Fsp3) is 0.444. The van der Waals surface area contributed by atoms with Crippen molar-refractivity contribution in [2.24, 2.45) is 10.7 Å². The van der Waals surface area contributed by atoms with Crippen molar-refractivity contribution in [2.45, 2.75) is 13.1 Å². The molecule has 1 aliphatic heterocycles. The second-order valence-corrected chi connectivity index (χ2v) is 7.39. The molecule has 0 atom stereocenters. The van der Waals surface area contributed by atoms with Gasteiger partial charge in [0, 0.05) is 44.3 Å². The molecule has 0 aliphatic carbocycles. The van der Waals surface area contributed by atoms with Gasteiger partial charge in [0.25, 0.3) is 0 Å². The molecule has 0 unspecified atom stereocenters. The standard InChI is InChI=1S/C18H26N6S/c1-22(2)14-16-5-3-4-15(12-16)13-21-17(19)23-7-9-24(10-8-23)18-20-6-11-25-18/h3-6,11-12H,7-10,13-14H2,1-2H3,(H2,19,21). The van der Waals surface area contributed by atoms with E-state index in [0.29, 0.717) is 12.5 Å². The molecule has 6 nitrogen and oxygen atoms in total. The summed E-state index contributed by atoms with van der Waals surface area (Å²) < 4.78 is 0. The summed E-state index contributed by atoms with van der Waals surface area (Å²) in [5, 5.41) is 3.11. The van der Waals surface area contributed by atoms with Gasteiger partial charge in [0.2, 0.25) is 0 Å². The molecule has 1 aliphatic rings. The maximum atomic E-state index is 6.22. The first kappa shape index (κ1) is 17.7. The number of aliphatic imine (C=N–C) groups is 1. The third-order valence-electron chi connectivity index (χ3n) is 4.21. The normalized spacial score (nSPS) is 15.9. The molecule has 1 saturated heterocycles. The first-order chi connectivity index (χ1) is 12.1. The van der Waals surface area contributed by atoms with Crippen molar-refractivity contribution in [3.63, 3.8) is 0 Å². The molecule has 0 radical (unpaired) electrons. The van der Waals surface area contributed by atoms with E-state index in [1.807, 2.05) is 11.6 Å². The van der Waals surface area contributed by atoms with Crippen molar-refractivity contribution in [2.75, 3.05) is 45.2 Å². The van der Waals surface area contributed by atoms with E-state index >= 15 is 0 Å². The lowest BCUT2D eigenvalue weighted by Crippen LogP contribution is -2.51. The molecule has 0 saturated carbocycles. The number of piperazine rings is 1. The third-order valence-corrected chi connectivity index (χ3v) is 5.04. The molecule has 1 aromatic carbocycles. The Morgan fingerprint density at radius 3 is 2.68 bits per heavy atom. The van der Waals surface area contributed by atoms with Crippen LogP contribution in [0.15, 0.2) is 40.8 Å². The second-order valence-electron chi connectivity index (χ2n) is 6.52. The number of hydrogen-bond acceptors (Lipinski definition) is 5. The molecule has 2 aromatic rings. The quantitative estimate of drug-likeness (QED) is 0.653. The molecule has 0 amide bonds. The molecule has 1 aromatic heterocycles. The van der Waals surface area contributed by atoms with Crippen molar-refractivity contribution in [3.8, 4) is 0 Å². The zero-order chi connectivity index (χ0) is 17.6. The molecule has 1 fully saturated rings. The Hall–Kier alpha value is -2.12. The lowest BCUT2D eigenvalue weighted by atomic mass is 10.1. The van der Waals surface area contributed by atoms with E-state index < -0.39 is 0 Å². The van der Waals surface area contributed by atoms with E-state index in [1.54, 1.807) is 11.3 Å². The highest BCUT2D eigenvalue weighted by atomic mass is 32.1. The highest BCUT2D eigenvalue weighted by Crippen LogP contribution is 2.18. The Labute approximate surface area is 153 Å². The van der Waals surface area contributed by atoms with Crippen LogP contribution in [0.1, 0.15) is 11.1 Å². The predicted molar refractivity (Wildman–Crippen MR) is 105 cm³/mol. The highest BCUT2D eigenvalue weighted by molar-refractivity contribution is 7.13. The maximum absolute atomic E-state index is 6.22. The second kappa shape index (κ2) is 8.31. The molecule has 134 valence electrons. The summed E-state index contributed by atoms with van der Waals surface area (Å²) in [5.41, 5.74) is 8.71. The number of aromatic nitrogens is 1. The smallest absolute Gasteiger partial charge is 0.191 e. The molecule has 2 N–H and O–H groups in total. The molecule has 7 heteroatoms. The predicted octanol–water partition coefficient (Wildman–Crippen LogP) is 1.84. The Morgan fingerprint density at radius 1 is 1.24 bits per heavy atom. The zero-order valence-electron chi connectivity index (χ0n) is 14.9. The van der Waals surface area contributed by atoms with E-state index in [-0.39, 0.29) is 0 Å². The van der Waals surface area contributed by atoms with E-state index in [1.165, 1.54) is 11.1 Å². The van der Waals surface area contributed by atoms with Crippen molar-refractivity contribution in [3.05, 3.63) is 47.0 Å². The van der Waals surface area contributed by atoms with Crippen molar-refractivity contribution >= 4 is 22.4 Å². The number of rotatable bonds is 5. The van der Waals surface area contributed by atoms with E-state index in [0.717, 1.165) is 37.9 Å². The topological polar surface area (TPSA) is 61.0 Å². The third kappa shape index (κ3) is 4.93. The minimum absolute atomic E-state index is 0.625. The molecular formula is C18H26N6S. The molecule has 25 heavy (non-hydrogen) atoms. The average molecular weight is 359 g/mol. The van der Waals surface area contributed by atoms with Gasteiger partial charge < -0.3 is 20.4 Å². The van der Waals surface area contributed by atoms with Crippen LogP contribution >= 0.6 is 11.3 Å². The first-order valence-corrected chi connectivity index (χ1v) is 9.41. The minimum atomic E-state index is 0.625. The molecular weight excluding hydrogens is 332 g/mol. The summed E-state index contributed by atoms with van der Waals surface area (Å²) in [6.07, 6.45) is 1.85. The van der Waals surface area contributed by atoms with Crippen LogP contribution in [0, 0.1) is 0 Å². The number of guanidine groups is 1. The van der Waals surface area contributed by atoms with E-state index in [4.69, 9.17) is 5.73 Å². The van der Waals surface area contributed by atoms with Crippen molar-refractivity contribution in [1.82, 2.24) is 14.8 Å². The lowest BCUT2D eigenvalue weighted by molar-refractivity contribution is 0.380. The van der Waals surface area contributed by atoms with Gasteiger partial charge in [0.05, 0.1) is 6.54 Å². The van der Waals surface area contributed by atoms with Gasteiger partial charge in [-0.3, -0.25) is 0 Å². The Bertz CT molecular complexity index is 689. The SMILES string of the molecule is CN(C)Cc1cccc(CN=C(N)N2CCN(c3nccs3)CC2)c1. The summed E-state index contributed by atoms with van der Waals surface area (Å²) in [6.45, 7) is 5.20. The van der Waals surface area contributed by atoms with Crippen molar-refractivity contribution < 1.29 is 0 Å². The van der Waals surface area contributed by atoms with Crippen LogP contribution in [-0.4, -0.2) is 61.0 Å². The van der Waals surface area contributed by atoms with Gasteiger partial charge in [0.1, 0.15) is 0 Å². The fourth-order valence-corrected chi connectivity index (χ4v) is 3.66. The summed E-state index contributed by atoms with van der Waals surface area (Å²) in [6, 6.07) is 8.55. The number of benzene rings is 1. The van der Waals surface area contributed by atoms with Crippen molar-refractivity contribution in [1.29, 1.82) is 0 Å². The van der Waals surface area contributed by atoms with E-state index in [2.05, 4.69) is 63.0 Å². The van der Waals surface area contributed by atoms with Gasteiger partial charge in [-0.1, -0.05) is 24.3 Å². The maximum Gasteiger partial charge on any atom is 0.191 e. The first-order valence-electron chi connectivity index (χ1n) is 8.53. The van der Waals surface area contributed by atoms with Crippen LogP contribution in [0.4, 0.5) is 5.13 Å². The number of nitrogens with zero attached hydrogens (tertiary/aromatic N) is 5. The largest absolute Gasteiger partial charge is 0.370 e. The number of anilines is 1. The molecule has 0 bridgehead atoms. The van der Waals surface area contributed by atoms with Gasteiger partial charge in [-0.2, -0.15) is 0 Å². The Kier molecular flexibility index (Phi) is 5.88. The number of thiazole rings is 1. The van der Waals surface area contributed by atoms with Crippen LogP contribution in [-0.2, 0) is 13.1 Å². The van der Waals surface area contributed by atoms with Crippen LogP contribution in [0.5, 0.6) is 0 Å². The van der Waals surface area contributed by atoms with Gasteiger partial charge in [-0.25, -0.2) is 9.98 Å². The van der Waals surface area contributed by atoms with E-state index in [9.17, 15) is 0 Å². The van der Waals surface area contributed by atoms with Gasteiger partial charge >= 0.3 is 0 Å². The Balaban J connectivity index is 1.54. The van der Waals surface area contributed by atoms with Crippen LogP contribution < -0.4 is 10.6 Å². The average Bonchev–Trinajstić information content (AvgIpc) is 3.14.